The molecule has 0 saturated heterocycles. The number of nitrogens with zero attached hydrogens (tertiary/aromatic N) is 1. The highest BCUT2D eigenvalue weighted by Crippen LogP contribution is 2.70. The van der Waals surface area contributed by atoms with E-state index in [1.54, 1.807) is 11.1 Å². The summed E-state index contributed by atoms with van der Waals surface area (Å²) < 4.78 is 0. The lowest BCUT2D eigenvalue weighted by atomic mass is 9.43. The molecule has 0 atom stereocenters. The van der Waals surface area contributed by atoms with Crippen LogP contribution in [-0.2, 0) is 27.1 Å². The molecule has 4 saturated carbocycles. The Morgan fingerprint density at radius 1 is 0.337 bits per heavy atom. The molecule has 4 fully saturated rings. The maximum atomic E-state index is 2.69. The van der Waals surface area contributed by atoms with Crippen molar-refractivity contribution >= 4 is 17.1 Å². The number of hydrogen-bond acceptors (Lipinski definition) is 1. The third-order valence-corrected chi connectivity index (χ3v) is 21.6. The van der Waals surface area contributed by atoms with E-state index >= 15 is 0 Å². The van der Waals surface area contributed by atoms with Gasteiger partial charge in [-0.25, -0.2) is 0 Å². The molecule has 10 aromatic rings. The number of fused-ring (bicyclic) bond motifs is 9. The van der Waals surface area contributed by atoms with Gasteiger partial charge in [0, 0.05) is 27.9 Å². The molecular weight excluding hydrogens is 999 g/mol. The molecule has 0 aliphatic heterocycles. The SMILES string of the molecule is CC(C)(C)c1cccc(C2(c3cccc(C(C)(C)C)c3)c3ccccc3-c3ccc(N(c4ccc(-c5ccccc5-c5cccc6c5C(C)(C)c5ccccc5-6)cc4)c4ccc5c(c4)C4(c6ccccc6-5)C5CC6CC(C5)CC4C6)cc32)c1. The summed E-state index contributed by atoms with van der Waals surface area (Å²) >= 11 is 0. The molecule has 0 N–H and O–H groups in total. The number of hydrogen-bond donors (Lipinski definition) is 0. The quantitative estimate of drug-likeness (QED) is 0.154. The van der Waals surface area contributed by atoms with Crippen LogP contribution >= 0.6 is 0 Å². The van der Waals surface area contributed by atoms with Crippen molar-refractivity contribution in [2.75, 3.05) is 4.90 Å². The maximum Gasteiger partial charge on any atom is 0.0714 e. The van der Waals surface area contributed by atoms with Crippen molar-refractivity contribution < 1.29 is 0 Å². The molecule has 0 radical (unpaired) electrons. The van der Waals surface area contributed by atoms with E-state index in [4.69, 9.17) is 0 Å². The molecule has 1 spiro atoms. The zero-order valence-electron chi connectivity index (χ0n) is 49.7. The van der Waals surface area contributed by atoms with E-state index in [1.165, 1.54) is 144 Å². The third-order valence-electron chi connectivity index (χ3n) is 21.6. The second-order valence-corrected chi connectivity index (χ2v) is 28.5. The van der Waals surface area contributed by atoms with E-state index in [-0.39, 0.29) is 21.7 Å². The van der Waals surface area contributed by atoms with Crippen molar-refractivity contribution in [1.82, 2.24) is 0 Å². The van der Waals surface area contributed by atoms with Crippen LogP contribution in [0.3, 0.4) is 0 Å². The Hall–Kier alpha value is -8.00. The Morgan fingerprint density at radius 3 is 1.34 bits per heavy atom. The number of rotatable bonds is 7. The minimum absolute atomic E-state index is 0.0347. The van der Waals surface area contributed by atoms with E-state index in [1.807, 2.05) is 0 Å². The van der Waals surface area contributed by atoms with E-state index < -0.39 is 5.41 Å². The summed E-state index contributed by atoms with van der Waals surface area (Å²) in [5.74, 6) is 3.08. The van der Waals surface area contributed by atoms with Crippen molar-refractivity contribution in [3.05, 3.63) is 280 Å². The van der Waals surface area contributed by atoms with Gasteiger partial charge in [-0.2, -0.15) is 0 Å². The number of anilines is 3. The summed E-state index contributed by atoms with van der Waals surface area (Å²) in [6.45, 7) is 18.9. The minimum Gasteiger partial charge on any atom is -0.310 e. The van der Waals surface area contributed by atoms with Gasteiger partial charge in [0.05, 0.1) is 5.41 Å². The molecule has 4 bridgehead atoms. The molecule has 1 heteroatoms. The van der Waals surface area contributed by atoms with Crippen LogP contribution in [0.15, 0.2) is 224 Å². The Labute approximate surface area is 493 Å². The summed E-state index contributed by atoms with van der Waals surface area (Å²) in [4.78, 5) is 2.62. The Bertz CT molecular complexity index is 4200. The standard InChI is InChI=1S/C82H75N/c1-78(2,3)54-20-17-22-56(47-54)81(57-23-18-21-55(48-57)79(4,5)6)73-32-15-12-26-65(73)68-40-38-61(49-75(68)81)83(62-39-41-69-66-27-13-16-33-74(66)82(76(69)50-62)58-43-51-42-52(45-58)46-59(82)44-51)60-36-34-53(35-37-60)63-24-9-10-25-64(63)70-29-19-30-71-67-28-11-14-31-72(67)80(7,8)77(70)71/h9-41,47-52,58-59H,42-46H2,1-8H3. The first-order chi connectivity index (χ1) is 40.1. The van der Waals surface area contributed by atoms with Crippen LogP contribution < -0.4 is 4.90 Å². The minimum atomic E-state index is -0.596. The molecule has 0 aromatic heterocycles. The molecule has 17 rings (SSSR count). The van der Waals surface area contributed by atoms with Crippen LogP contribution in [0.2, 0.25) is 0 Å². The Morgan fingerprint density at radius 2 is 0.759 bits per heavy atom. The topological polar surface area (TPSA) is 3.24 Å². The molecule has 0 amide bonds. The lowest BCUT2D eigenvalue weighted by Gasteiger charge is -2.61. The van der Waals surface area contributed by atoms with Gasteiger partial charge in [-0.15, -0.1) is 0 Å². The first-order valence-corrected chi connectivity index (χ1v) is 31.1. The summed E-state index contributed by atoms with van der Waals surface area (Å²) in [5.41, 5.74) is 30.0. The molecule has 83 heavy (non-hydrogen) atoms. The fraction of sp³-hybridized carbons (Fsp3) is 0.268. The second kappa shape index (κ2) is 18.0. The lowest BCUT2D eigenvalue weighted by molar-refractivity contribution is -0.0399. The van der Waals surface area contributed by atoms with E-state index in [2.05, 4.69) is 285 Å². The van der Waals surface area contributed by atoms with Crippen LogP contribution in [-0.4, -0.2) is 0 Å². The molecule has 7 aliphatic rings. The van der Waals surface area contributed by atoms with Crippen LogP contribution in [0.4, 0.5) is 17.1 Å². The molecule has 408 valence electrons. The van der Waals surface area contributed by atoms with Crippen molar-refractivity contribution in [3.8, 4) is 55.6 Å². The molecule has 1 nitrogen and oxygen atoms in total. The van der Waals surface area contributed by atoms with Crippen molar-refractivity contribution in [2.24, 2.45) is 23.7 Å². The van der Waals surface area contributed by atoms with Crippen LogP contribution in [0, 0.1) is 23.7 Å². The monoisotopic (exact) mass is 1070 g/mol. The summed E-state index contributed by atoms with van der Waals surface area (Å²) in [5, 5.41) is 0. The maximum absolute atomic E-state index is 2.69. The smallest absolute Gasteiger partial charge is 0.0714 e. The van der Waals surface area contributed by atoms with Crippen LogP contribution in [0.5, 0.6) is 0 Å². The summed E-state index contributed by atoms with van der Waals surface area (Å²) in [6, 6.07) is 87.9. The van der Waals surface area contributed by atoms with E-state index in [0.717, 1.165) is 17.5 Å². The van der Waals surface area contributed by atoms with Crippen molar-refractivity contribution in [3.63, 3.8) is 0 Å². The molecule has 7 aliphatic carbocycles. The highest BCUT2D eigenvalue weighted by atomic mass is 15.1. The summed E-state index contributed by atoms with van der Waals surface area (Å²) in [7, 11) is 0. The molecular formula is C82H75N. The van der Waals surface area contributed by atoms with Gasteiger partial charge in [-0.3, -0.25) is 0 Å². The highest BCUT2D eigenvalue weighted by molar-refractivity contribution is 5.95. The van der Waals surface area contributed by atoms with E-state index in [9.17, 15) is 0 Å². The molecule has 0 heterocycles. The Kier molecular flexibility index (Phi) is 11.0. The van der Waals surface area contributed by atoms with E-state index in [0.29, 0.717) is 11.8 Å². The molecule has 0 unspecified atom stereocenters. The summed E-state index contributed by atoms with van der Waals surface area (Å²) in [6.07, 6.45) is 6.86. The average Bonchev–Trinajstić information content (AvgIpc) is 1.90. The van der Waals surface area contributed by atoms with Gasteiger partial charge in [-0.05, 0) is 214 Å². The van der Waals surface area contributed by atoms with Crippen molar-refractivity contribution in [1.29, 1.82) is 0 Å². The largest absolute Gasteiger partial charge is 0.310 e. The van der Waals surface area contributed by atoms with Crippen LogP contribution in [0.1, 0.15) is 143 Å². The lowest BCUT2D eigenvalue weighted by Crippen LogP contribution is -2.55. The van der Waals surface area contributed by atoms with Gasteiger partial charge < -0.3 is 4.90 Å². The van der Waals surface area contributed by atoms with Gasteiger partial charge in [-0.1, -0.05) is 243 Å². The zero-order valence-corrected chi connectivity index (χ0v) is 49.7. The predicted molar refractivity (Wildman–Crippen MR) is 348 cm³/mol. The third kappa shape index (κ3) is 7.25. The second-order valence-electron chi connectivity index (χ2n) is 28.5. The Balaban J connectivity index is 0.914. The first kappa shape index (κ1) is 50.7. The van der Waals surface area contributed by atoms with Gasteiger partial charge in [0.15, 0.2) is 0 Å². The van der Waals surface area contributed by atoms with Gasteiger partial charge in [0.1, 0.15) is 0 Å². The fourth-order valence-corrected chi connectivity index (χ4v) is 18.2. The molecule has 10 aromatic carbocycles. The first-order valence-electron chi connectivity index (χ1n) is 31.1. The van der Waals surface area contributed by atoms with Crippen molar-refractivity contribution in [2.45, 2.75) is 115 Å². The normalized spacial score (nSPS) is 21.5. The predicted octanol–water partition coefficient (Wildman–Crippen LogP) is 21.5. The van der Waals surface area contributed by atoms with Gasteiger partial charge >= 0.3 is 0 Å². The van der Waals surface area contributed by atoms with Gasteiger partial charge in [0.25, 0.3) is 0 Å². The van der Waals surface area contributed by atoms with Crippen LogP contribution in [0.25, 0.3) is 55.6 Å². The highest BCUT2D eigenvalue weighted by Gasteiger charge is 2.61. The van der Waals surface area contributed by atoms with Gasteiger partial charge in [0.2, 0.25) is 0 Å². The zero-order chi connectivity index (χ0) is 56.4. The average molecular weight is 1070 g/mol. The fourth-order valence-electron chi connectivity index (χ4n) is 18.2. The number of benzene rings is 10.